The number of thiophene rings is 1. The van der Waals surface area contributed by atoms with Gasteiger partial charge in [0.25, 0.3) is 0 Å². The zero-order chi connectivity index (χ0) is 19.8. The van der Waals surface area contributed by atoms with Gasteiger partial charge < -0.3 is 4.90 Å². The summed E-state index contributed by atoms with van der Waals surface area (Å²) in [7, 11) is 2.22. The quantitative estimate of drug-likeness (QED) is 0.196. The maximum absolute atomic E-state index is 7.76. The van der Waals surface area contributed by atoms with Crippen LogP contribution in [0.4, 0.5) is 10.7 Å². The van der Waals surface area contributed by atoms with Gasteiger partial charge in [0, 0.05) is 19.5 Å². The summed E-state index contributed by atoms with van der Waals surface area (Å²) in [6.07, 6.45) is 4.98. The summed E-state index contributed by atoms with van der Waals surface area (Å²) in [5.74, 6) is 3.67. The highest BCUT2D eigenvalue weighted by Gasteiger charge is 2.38. The minimum Gasteiger partial charge on any atom is -0.369 e. The predicted molar refractivity (Wildman–Crippen MR) is 118 cm³/mol. The van der Waals surface area contributed by atoms with Crippen molar-refractivity contribution in [1.29, 1.82) is 0 Å². The van der Waals surface area contributed by atoms with Crippen LogP contribution in [-0.2, 0) is 11.8 Å². The van der Waals surface area contributed by atoms with E-state index in [0.717, 1.165) is 35.5 Å². The fraction of sp³-hybridized carbons (Fsp3) is 0.619. The highest BCUT2D eigenvalue weighted by molar-refractivity contribution is 7.16. The maximum Gasteiger partial charge on any atom is 0.227 e. The number of fused-ring (bicyclic) bond motifs is 1. The molecule has 0 spiro atoms. The Kier molecular flexibility index (Phi) is 5.76. The van der Waals surface area contributed by atoms with Gasteiger partial charge in [-0.3, -0.25) is 0 Å². The van der Waals surface area contributed by atoms with E-state index in [1.165, 1.54) is 4.88 Å². The molecule has 1 aromatic heterocycles. The third-order valence-corrected chi connectivity index (χ3v) is 11.3. The van der Waals surface area contributed by atoms with Gasteiger partial charge in [0.1, 0.15) is 13.1 Å². The van der Waals surface area contributed by atoms with Crippen LogP contribution in [0.25, 0.3) is 4.85 Å². The average Bonchev–Trinajstić information content (AvgIpc) is 2.89. The normalized spacial score (nSPS) is 20.3. The van der Waals surface area contributed by atoms with Gasteiger partial charge in [-0.15, -0.1) is 22.8 Å². The number of aliphatic imine (C=N–C) groups is 1. The van der Waals surface area contributed by atoms with Crippen molar-refractivity contribution >= 4 is 36.4 Å². The van der Waals surface area contributed by atoms with E-state index in [1.807, 2.05) is 19.0 Å². The van der Waals surface area contributed by atoms with Gasteiger partial charge in [-0.05, 0) is 41.7 Å². The molecule has 1 aromatic rings. The first kappa shape index (κ1) is 20.7. The van der Waals surface area contributed by atoms with Gasteiger partial charge in [-0.2, -0.15) is 0 Å². The molecule has 0 bridgehead atoms. The highest BCUT2D eigenvalue weighted by Crippen LogP contribution is 2.52. The zero-order valence-electron chi connectivity index (χ0n) is 17.4. The van der Waals surface area contributed by atoms with E-state index in [9.17, 15) is 0 Å². The van der Waals surface area contributed by atoms with Crippen LogP contribution >= 0.6 is 11.3 Å². The number of hydrogen-bond donors (Lipinski definition) is 0. The number of hydrogen-bond acceptors (Lipinski definition) is 2. The molecule has 0 N–H and O–H groups in total. The first-order chi connectivity index (χ1) is 11.9. The van der Waals surface area contributed by atoms with Gasteiger partial charge in [0.2, 0.25) is 5.69 Å². The fourth-order valence-electron chi connectivity index (χ4n) is 2.89. The first-order valence-corrected chi connectivity index (χ1v) is 13.0. The lowest BCUT2D eigenvalue weighted by Crippen LogP contribution is -2.36. The minimum absolute atomic E-state index is 0.231. The first-order valence-electron chi connectivity index (χ1n) is 9.20. The smallest absolute Gasteiger partial charge is 0.227 e. The average molecular weight is 386 g/mol. The summed E-state index contributed by atoms with van der Waals surface area (Å²) in [5, 5.41) is 1.08. The molecule has 1 aliphatic carbocycles. The maximum atomic E-state index is 7.76. The van der Waals surface area contributed by atoms with Crippen molar-refractivity contribution in [3.63, 3.8) is 0 Å². The molecule has 0 radical (unpaired) electrons. The molecule has 0 aromatic carbocycles. The van der Waals surface area contributed by atoms with Crippen molar-refractivity contribution < 1.29 is 0 Å². The van der Waals surface area contributed by atoms with Gasteiger partial charge in [0.05, 0.1) is 12.9 Å². The third kappa shape index (κ3) is 4.05. The molecule has 0 amide bonds. The lowest BCUT2D eigenvalue weighted by molar-refractivity contribution is 0.505. The summed E-state index contributed by atoms with van der Waals surface area (Å²) in [4.78, 5) is 11.7. The van der Waals surface area contributed by atoms with Crippen LogP contribution in [0, 0.1) is 18.0 Å². The summed E-state index contributed by atoms with van der Waals surface area (Å²) in [6, 6.07) is 0. The molecule has 1 aliphatic rings. The Hall–Kier alpha value is -1.56. The van der Waals surface area contributed by atoms with Crippen LogP contribution in [0.5, 0.6) is 0 Å². The molecular weight excluding hydrogens is 354 g/mol. The summed E-state index contributed by atoms with van der Waals surface area (Å²) in [6.45, 7) is 21.6. The standard InChI is InChI=1S/C21H31N3SSi/c1-20(2,3)26(8,9)14-13-21(4)12-10-11-16-17(21)18(22-5)19(25-16)23-15-24(6)7/h15H,10-12H2,1-4,6-9H3/t21-/m1/s1. The van der Waals surface area contributed by atoms with Crippen molar-refractivity contribution in [2.24, 2.45) is 4.99 Å². The SMILES string of the molecule is [C-]#[N+]c1c(N=CN(C)C)sc2c1[C@@](C)(C#C[Si](C)(C)C(C)(C)C)CCC2. The molecule has 1 atom stereocenters. The Balaban J connectivity index is 2.56. The third-order valence-electron chi connectivity index (χ3n) is 5.61. The Morgan fingerprint density at radius 2 is 2.00 bits per heavy atom. The summed E-state index contributed by atoms with van der Waals surface area (Å²) >= 11 is 1.67. The van der Waals surface area contributed by atoms with Crippen molar-refractivity contribution in [3.8, 4) is 11.5 Å². The summed E-state index contributed by atoms with van der Waals surface area (Å²) < 4.78 is 0. The molecule has 0 fully saturated rings. The second-order valence-electron chi connectivity index (χ2n) is 9.18. The molecule has 0 saturated heterocycles. The Morgan fingerprint density at radius 3 is 2.54 bits per heavy atom. The second kappa shape index (κ2) is 7.22. The summed E-state index contributed by atoms with van der Waals surface area (Å²) in [5.41, 5.74) is 5.35. The van der Waals surface area contributed by atoms with Crippen LogP contribution in [0.2, 0.25) is 18.1 Å². The van der Waals surface area contributed by atoms with E-state index in [0.29, 0.717) is 0 Å². The number of rotatable bonds is 2. The molecule has 0 unspecified atom stereocenters. The van der Waals surface area contributed by atoms with Crippen LogP contribution < -0.4 is 0 Å². The molecular formula is C21H31N3SSi. The van der Waals surface area contributed by atoms with Crippen LogP contribution in [0.15, 0.2) is 4.99 Å². The van der Waals surface area contributed by atoms with Crippen LogP contribution in [-0.4, -0.2) is 33.4 Å². The lowest BCUT2D eigenvalue weighted by atomic mass is 9.74. The topological polar surface area (TPSA) is 20.0 Å². The lowest BCUT2D eigenvalue weighted by Gasteiger charge is -2.34. The molecule has 2 rings (SSSR count). The number of nitrogens with zero attached hydrogens (tertiary/aromatic N) is 3. The van der Waals surface area contributed by atoms with Crippen molar-refractivity contribution in [2.45, 2.75) is 70.5 Å². The largest absolute Gasteiger partial charge is 0.369 e. The number of aryl methyl sites for hydroxylation is 1. The molecule has 0 aliphatic heterocycles. The van der Waals surface area contributed by atoms with Crippen molar-refractivity contribution in [2.75, 3.05) is 14.1 Å². The van der Waals surface area contributed by atoms with Crippen molar-refractivity contribution in [3.05, 3.63) is 21.9 Å². The van der Waals surface area contributed by atoms with Gasteiger partial charge >= 0.3 is 0 Å². The Labute approximate surface area is 164 Å². The van der Waals surface area contributed by atoms with E-state index in [-0.39, 0.29) is 10.5 Å². The monoisotopic (exact) mass is 385 g/mol. The van der Waals surface area contributed by atoms with E-state index < -0.39 is 8.07 Å². The van der Waals surface area contributed by atoms with Crippen LogP contribution in [0.1, 0.15) is 51.0 Å². The van der Waals surface area contributed by atoms with E-state index in [1.54, 1.807) is 17.7 Å². The highest BCUT2D eigenvalue weighted by atomic mass is 32.1. The van der Waals surface area contributed by atoms with Crippen LogP contribution in [0.3, 0.4) is 0 Å². The molecule has 140 valence electrons. The van der Waals surface area contributed by atoms with E-state index in [2.05, 4.69) is 62.1 Å². The molecule has 1 heterocycles. The predicted octanol–water partition coefficient (Wildman–Crippen LogP) is 6.17. The Bertz CT molecular complexity index is 809. The van der Waals surface area contributed by atoms with Gasteiger partial charge in [-0.1, -0.05) is 33.9 Å². The minimum atomic E-state index is -1.68. The molecule has 26 heavy (non-hydrogen) atoms. The van der Waals surface area contributed by atoms with E-state index in [4.69, 9.17) is 6.57 Å². The van der Waals surface area contributed by atoms with E-state index >= 15 is 0 Å². The van der Waals surface area contributed by atoms with Crippen molar-refractivity contribution in [1.82, 2.24) is 4.90 Å². The molecule has 0 saturated carbocycles. The van der Waals surface area contributed by atoms with Gasteiger partial charge in [-0.25, -0.2) is 9.84 Å². The molecule has 5 heteroatoms. The second-order valence-corrected chi connectivity index (χ2v) is 15.3. The fourth-order valence-corrected chi connectivity index (χ4v) is 5.10. The molecule has 3 nitrogen and oxygen atoms in total. The zero-order valence-corrected chi connectivity index (χ0v) is 19.3. The van der Waals surface area contributed by atoms with Gasteiger partial charge in [0.15, 0.2) is 0 Å². The Morgan fingerprint density at radius 1 is 1.35 bits per heavy atom.